The first-order valence-corrected chi connectivity index (χ1v) is 5.04. The molecular weight excluding hydrogens is 240 g/mol. The molecule has 0 unspecified atom stereocenters. The molecule has 0 bridgehead atoms. The number of pyridine rings is 1. The number of nitrogens with zero attached hydrogens (tertiary/aromatic N) is 1. The van der Waals surface area contributed by atoms with E-state index in [9.17, 15) is 13.6 Å². The maximum absolute atomic E-state index is 12.7. The third-order valence-corrected chi connectivity index (χ3v) is 2.35. The Hall–Kier alpha value is -1.23. The van der Waals surface area contributed by atoms with Crippen LogP contribution >= 0.6 is 11.6 Å². The number of aryl methyl sites for hydroxylation is 1. The molecule has 0 fully saturated rings. The first-order chi connectivity index (χ1) is 7.45. The Morgan fingerprint density at radius 2 is 2.25 bits per heavy atom. The molecule has 0 amide bonds. The van der Waals surface area contributed by atoms with Crippen molar-refractivity contribution in [3.63, 3.8) is 0 Å². The molecule has 1 heterocycles. The number of aliphatic carboxylic acids is 1. The van der Waals surface area contributed by atoms with Crippen LogP contribution in [-0.2, 0) is 17.1 Å². The van der Waals surface area contributed by atoms with Crippen molar-refractivity contribution >= 4 is 17.6 Å². The molecule has 3 nitrogen and oxygen atoms in total. The van der Waals surface area contributed by atoms with E-state index in [0.717, 1.165) is 0 Å². The van der Waals surface area contributed by atoms with Crippen LogP contribution in [0.1, 0.15) is 28.9 Å². The summed E-state index contributed by atoms with van der Waals surface area (Å²) >= 11 is 5.54. The van der Waals surface area contributed by atoms with Crippen molar-refractivity contribution in [1.29, 1.82) is 0 Å². The maximum Gasteiger partial charge on any atom is 0.309 e. The van der Waals surface area contributed by atoms with Gasteiger partial charge in [0, 0.05) is 5.56 Å². The number of carboxylic acid groups (broad SMARTS) is 1. The Kier molecular flexibility index (Phi) is 4.18. The maximum atomic E-state index is 12.7. The van der Waals surface area contributed by atoms with E-state index in [2.05, 4.69) is 4.98 Å². The highest BCUT2D eigenvalue weighted by Crippen LogP contribution is 2.26. The van der Waals surface area contributed by atoms with Crippen LogP contribution in [0.2, 0.25) is 0 Å². The first-order valence-electron chi connectivity index (χ1n) is 4.51. The quantitative estimate of drug-likeness (QED) is 0.835. The Labute approximate surface area is 96.1 Å². The first kappa shape index (κ1) is 12.8. The van der Waals surface area contributed by atoms with Crippen LogP contribution in [0.3, 0.4) is 0 Å². The number of halogens is 3. The Bertz CT molecular complexity index is 410. The van der Waals surface area contributed by atoms with E-state index in [0.29, 0.717) is 11.3 Å². The zero-order valence-electron chi connectivity index (χ0n) is 8.51. The second kappa shape index (κ2) is 5.21. The second-order valence-electron chi connectivity index (χ2n) is 3.30. The Balaban J connectivity index is 3.28. The molecule has 0 aromatic carbocycles. The van der Waals surface area contributed by atoms with Gasteiger partial charge in [0.25, 0.3) is 6.43 Å². The minimum absolute atomic E-state index is 0.0664. The number of alkyl halides is 3. The van der Waals surface area contributed by atoms with Gasteiger partial charge < -0.3 is 5.11 Å². The normalized spacial score (nSPS) is 10.8. The van der Waals surface area contributed by atoms with Crippen molar-refractivity contribution < 1.29 is 18.7 Å². The molecule has 0 spiro atoms. The van der Waals surface area contributed by atoms with Crippen molar-refractivity contribution in [2.45, 2.75) is 25.7 Å². The summed E-state index contributed by atoms with van der Waals surface area (Å²) in [4.78, 5) is 14.4. The molecule has 16 heavy (non-hydrogen) atoms. The van der Waals surface area contributed by atoms with Crippen LogP contribution in [0, 0.1) is 6.92 Å². The lowest BCUT2D eigenvalue weighted by Gasteiger charge is -2.11. The molecule has 0 aliphatic carbocycles. The minimum Gasteiger partial charge on any atom is -0.481 e. The van der Waals surface area contributed by atoms with E-state index in [1.165, 1.54) is 13.0 Å². The molecule has 0 aliphatic rings. The van der Waals surface area contributed by atoms with Crippen LogP contribution in [0.5, 0.6) is 0 Å². The van der Waals surface area contributed by atoms with E-state index in [1.807, 2.05) is 0 Å². The van der Waals surface area contributed by atoms with Crippen LogP contribution in [-0.4, -0.2) is 16.1 Å². The third-order valence-electron chi connectivity index (χ3n) is 2.07. The Morgan fingerprint density at radius 1 is 1.62 bits per heavy atom. The minimum atomic E-state index is -2.73. The van der Waals surface area contributed by atoms with Gasteiger partial charge in [0.1, 0.15) is 0 Å². The van der Waals surface area contributed by atoms with Crippen molar-refractivity contribution in [3.8, 4) is 0 Å². The number of carboxylic acids is 1. The molecule has 6 heteroatoms. The lowest BCUT2D eigenvalue weighted by molar-refractivity contribution is -0.136. The molecule has 1 aromatic heterocycles. The van der Waals surface area contributed by atoms with Gasteiger partial charge in [-0.3, -0.25) is 9.78 Å². The van der Waals surface area contributed by atoms with Gasteiger partial charge in [0.2, 0.25) is 0 Å². The zero-order chi connectivity index (χ0) is 12.3. The SMILES string of the molecule is Cc1cc(CCl)nc(CC(=O)O)c1C(F)F. The monoisotopic (exact) mass is 249 g/mol. The summed E-state index contributed by atoms with van der Waals surface area (Å²) in [7, 11) is 0. The van der Waals surface area contributed by atoms with E-state index < -0.39 is 18.8 Å². The highest BCUT2D eigenvalue weighted by atomic mass is 35.5. The van der Waals surface area contributed by atoms with Crippen molar-refractivity contribution in [2.24, 2.45) is 0 Å². The smallest absolute Gasteiger partial charge is 0.309 e. The summed E-state index contributed by atoms with van der Waals surface area (Å²) in [6, 6.07) is 1.44. The molecule has 1 rings (SSSR count). The lowest BCUT2D eigenvalue weighted by Crippen LogP contribution is -2.09. The van der Waals surface area contributed by atoms with Gasteiger partial charge in [0.15, 0.2) is 0 Å². The van der Waals surface area contributed by atoms with E-state index >= 15 is 0 Å². The van der Waals surface area contributed by atoms with E-state index in [-0.39, 0.29) is 17.1 Å². The topological polar surface area (TPSA) is 50.2 Å². The summed E-state index contributed by atoms with van der Waals surface area (Å²) in [6.07, 6.45) is -3.25. The molecule has 0 radical (unpaired) electrons. The molecule has 0 atom stereocenters. The van der Waals surface area contributed by atoms with Crippen LogP contribution in [0.4, 0.5) is 8.78 Å². The fourth-order valence-corrected chi connectivity index (χ4v) is 1.60. The van der Waals surface area contributed by atoms with Gasteiger partial charge in [-0.25, -0.2) is 8.78 Å². The van der Waals surface area contributed by atoms with E-state index in [1.54, 1.807) is 0 Å². The van der Waals surface area contributed by atoms with Gasteiger partial charge >= 0.3 is 5.97 Å². The predicted molar refractivity (Wildman–Crippen MR) is 54.8 cm³/mol. The zero-order valence-corrected chi connectivity index (χ0v) is 9.26. The summed E-state index contributed by atoms with van der Waals surface area (Å²) < 4.78 is 25.4. The van der Waals surface area contributed by atoms with E-state index in [4.69, 9.17) is 16.7 Å². The average molecular weight is 250 g/mol. The van der Waals surface area contributed by atoms with Gasteiger partial charge in [-0.2, -0.15) is 0 Å². The standard InChI is InChI=1S/C10H10ClF2NO2/c1-5-2-6(4-11)14-7(3-8(15)16)9(5)10(12)13/h2,10H,3-4H2,1H3,(H,15,16). The molecule has 0 saturated carbocycles. The number of hydrogen-bond acceptors (Lipinski definition) is 2. The molecule has 0 saturated heterocycles. The number of hydrogen-bond donors (Lipinski definition) is 1. The van der Waals surface area contributed by atoms with Gasteiger partial charge in [0.05, 0.1) is 23.7 Å². The third kappa shape index (κ3) is 2.88. The molecule has 1 aromatic rings. The lowest BCUT2D eigenvalue weighted by atomic mass is 10.0. The number of rotatable bonds is 4. The number of carbonyl (C=O) groups is 1. The predicted octanol–water partition coefficient (Wildman–Crippen LogP) is 2.69. The summed E-state index contributed by atoms with van der Waals surface area (Å²) in [5.74, 6) is -1.13. The molecular formula is C10H10ClF2NO2. The molecule has 1 N–H and O–H groups in total. The van der Waals surface area contributed by atoms with Crippen LogP contribution in [0.25, 0.3) is 0 Å². The molecule has 0 aliphatic heterocycles. The highest BCUT2D eigenvalue weighted by molar-refractivity contribution is 6.16. The van der Waals surface area contributed by atoms with Crippen LogP contribution < -0.4 is 0 Å². The summed E-state index contributed by atoms with van der Waals surface area (Å²) in [6.45, 7) is 1.49. The average Bonchev–Trinajstić information content (AvgIpc) is 2.14. The second-order valence-corrected chi connectivity index (χ2v) is 3.56. The highest BCUT2D eigenvalue weighted by Gasteiger charge is 2.20. The summed E-state index contributed by atoms with van der Waals surface area (Å²) in [5, 5.41) is 8.61. The Morgan fingerprint density at radius 3 is 2.69 bits per heavy atom. The van der Waals surface area contributed by atoms with Gasteiger partial charge in [-0.15, -0.1) is 11.6 Å². The molecule has 88 valence electrons. The van der Waals surface area contributed by atoms with Crippen molar-refractivity contribution in [1.82, 2.24) is 4.98 Å². The fraction of sp³-hybridized carbons (Fsp3) is 0.400. The van der Waals surface area contributed by atoms with Crippen molar-refractivity contribution in [3.05, 3.63) is 28.6 Å². The van der Waals surface area contributed by atoms with Gasteiger partial charge in [-0.05, 0) is 18.6 Å². The van der Waals surface area contributed by atoms with Crippen LogP contribution in [0.15, 0.2) is 6.07 Å². The largest absolute Gasteiger partial charge is 0.481 e. The summed E-state index contributed by atoms with van der Waals surface area (Å²) in [5.41, 5.74) is 0.297. The number of aromatic nitrogens is 1. The van der Waals surface area contributed by atoms with Crippen molar-refractivity contribution in [2.75, 3.05) is 0 Å². The van der Waals surface area contributed by atoms with Gasteiger partial charge in [-0.1, -0.05) is 0 Å². The fourth-order valence-electron chi connectivity index (χ4n) is 1.47.